The molecule has 4 nitrogen and oxygen atoms in total. The van der Waals surface area contributed by atoms with Gasteiger partial charge in [-0.1, -0.05) is 42.6 Å². The molecule has 2 aromatic rings. The van der Waals surface area contributed by atoms with Crippen LogP contribution in [0.3, 0.4) is 0 Å². The van der Waals surface area contributed by atoms with Crippen LogP contribution in [0.5, 0.6) is 0 Å². The van der Waals surface area contributed by atoms with Crippen molar-refractivity contribution in [1.82, 2.24) is 10.1 Å². The summed E-state index contributed by atoms with van der Waals surface area (Å²) in [6, 6.07) is 10.1. The fraction of sp³-hybridized carbons (Fsp3) is 0.500. The second-order valence-corrected chi connectivity index (χ2v) is 6.62. The fourth-order valence-electron chi connectivity index (χ4n) is 2.82. The maximum atomic E-state index is 6.29. The number of hydrogen-bond acceptors (Lipinski definition) is 5. The summed E-state index contributed by atoms with van der Waals surface area (Å²) in [5, 5.41) is 4.06. The summed E-state index contributed by atoms with van der Waals surface area (Å²) in [6.45, 7) is 0. The third-order valence-electron chi connectivity index (χ3n) is 4.04. The van der Waals surface area contributed by atoms with E-state index in [1.165, 1.54) is 37.0 Å². The summed E-state index contributed by atoms with van der Waals surface area (Å²) in [5.41, 5.74) is 6.29. The van der Waals surface area contributed by atoms with E-state index in [0.717, 1.165) is 5.82 Å². The lowest BCUT2D eigenvalue weighted by atomic mass is 9.84. The molecule has 1 aliphatic carbocycles. The van der Waals surface area contributed by atoms with Crippen molar-refractivity contribution >= 4 is 11.8 Å². The third-order valence-corrected chi connectivity index (χ3v) is 5.05. The van der Waals surface area contributed by atoms with Gasteiger partial charge in [-0.05, 0) is 30.9 Å². The summed E-state index contributed by atoms with van der Waals surface area (Å²) >= 11 is 1.71. The number of nitrogens with zero attached hydrogens (tertiary/aromatic N) is 2. The molecule has 0 saturated heterocycles. The van der Waals surface area contributed by atoms with Crippen LogP contribution in [0.15, 0.2) is 39.8 Å². The van der Waals surface area contributed by atoms with Gasteiger partial charge in [0.05, 0.1) is 11.8 Å². The second kappa shape index (κ2) is 7.09. The van der Waals surface area contributed by atoms with Crippen molar-refractivity contribution in [3.63, 3.8) is 0 Å². The molecule has 1 heterocycles. The first kappa shape index (κ1) is 14.6. The van der Waals surface area contributed by atoms with Gasteiger partial charge in [-0.3, -0.25) is 0 Å². The van der Waals surface area contributed by atoms with Crippen molar-refractivity contribution in [1.29, 1.82) is 0 Å². The van der Waals surface area contributed by atoms with E-state index in [0.29, 0.717) is 17.6 Å². The Morgan fingerprint density at radius 3 is 2.71 bits per heavy atom. The van der Waals surface area contributed by atoms with E-state index in [2.05, 4.69) is 22.3 Å². The smallest absolute Gasteiger partial charge is 0.243 e. The summed E-state index contributed by atoms with van der Waals surface area (Å²) in [5.74, 6) is 2.54. The largest absolute Gasteiger partial charge is 0.338 e. The van der Waals surface area contributed by atoms with Crippen molar-refractivity contribution < 1.29 is 4.52 Å². The molecule has 1 aromatic carbocycles. The molecule has 2 N–H and O–H groups in total. The van der Waals surface area contributed by atoms with Gasteiger partial charge in [0.15, 0.2) is 5.82 Å². The normalized spacial score (nSPS) is 17.8. The first-order valence-corrected chi connectivity index (χ1v) is 8.57. The van der Waals surface area contributed by atoms with Gasteiger partial charge in [0.1, 0.15) is 0 Å². The lowest BCUT2D eigenvalue weighted by Gasteiger charge is -2.24. The highest BCUT2D eigenvalue weighted by Gasteiger charge is 2.26. The Morgan fingerprint density at radius 1 is 1.19 bits per heavy atom. The van der Waals surface area contributed by atoms with E-state index in [1.54, 1.807) is 11.8 Å². The maximum absolute atomic E-state index is 6.29. The number of rotatable bonds is 5. The highest BCUT2D eigenvalue weighted by atomic mass is 32.2. The fourth-order valence-corrected chi connectivity index (χ4v) is 3.58. The van der Waals surface area contributed by atoms with Crippen LogP contribution in [0.2, 0.25) is 0 Å². The van der Waals surface area contributed by atoms with Gasteiger partial charge >= 0.3 is 0 Å². The molecule has 1 fully saturated rings. The Hall–Kier alpha value is -1.33. The second-order valence-electron chi connectivity index (χ2n) is 5.57. The zero-order chi connectivity index (χ0) is 14.5. The van der Waals surface area contributed by atoms with E-state index in [4.69, 9.17) is 10.3 Å². The molecule has 1 aromatic heterocycles. The zero-order valence-electron chi connectivity index (χ0n) is 12.1. The van der Waals surface area contributed by atoms with Gasteiger partial charge in [-0.25, -0.2) is 0 Å². The summed E-state index contributed by atoms with van der Waals surface area (Å²) < 4.78 is 5.37. The molecular weight excluding hydrogens is 282 g/mol. The number of benzene rings is 1. The van der Waals surface area contributed by atoms with Crippen LogP contribution in [0.4, 0.5) is 0 Å². The first-order valence-electron chi connectivity index (χ1n) is 7.59. The summed E-state index contributed by atoms with van der Waals surface area (Å²) in [6.07, 6.45) is 6.22. The molecule has 112 valence electrons. The molecule has 1 saturated carbocycles. The number of nitrogens with two attached hydrogens (primary N) is 1. The van der Waals surface area contributed by atoms with E-state index < -0.39 is 0 Å². The quantitative estimate of drug-likeness (QED) is 0.847. The average molecular weight is 303 g/mol. The van der Waals surface area contributed by atoms with Crippen LogP contribution in [0.25, 0.3) is 0 Å². The number of aromatic nitrogens is 2. The van der Waals surface area contributed by atoms with Crippen LogP contribution >= 0.6 is 11.8 Å². The van der Waals surface area contributed by atoms with E-state index >= 15 is 0 Å². The molecule has 1 aliphatic rings. The van der Waals surface area contributed by atoms with Gasteiger partial charge < -0.3 is 10.3 Å². The van der Waals surface area contributed by atoms with E-state index in [9.17, 15) is 0 Å². The summed E-state index contributed by atoms with van der Waals surface area (Å²) in [7, 11) is 0. The van der Waals surface area contributed by atoms with Crippen molar-refractivity contribution in [2.75, 3.05) is 0 Å². The zero-order valence-corrected chi connectivity index (χ0v) is 12.9. The van der Waals surface area contributed by atoms with Crippen LogP contribution in [0, 0.1) is 5.92 Å². The highest BCUT2D eigenvalue weighted by Crippen LogP contribution is 2.32. The molecule has 0 amide bonds. The molecule has 1 atom stereocenters. The SMILES string of the molecule is NC(c1nc(CSc2ccccc2)no1)C1CCCCC1. The molecule has 1 unspecified atom stereocenters. The van der Waals surface area contributed by atoms with Crippen LogP contribution in [0.1, 0.15) is 49.9 Å². The Balaban J connectivity index is 1.58. The Bertz CT molecular complexity index is 552. The van der Waals surface area contributed by atoms with Crippen LogP contribution < -0.4 is 5.73 Å². The molecular formula is C16H21N3OS. The minimum Gasteiger partial charge on any atom is -0.338 e. The van der Waals surface area contributed by atoms with Crippen molar-refractivity contribution in [3.8, 4) is 0 Å². The van der Waals surface area contributed by atoms with Crippen molar-refractivity contribution in [2.24, 2.45) is 11.7 Å². The Morgan fingerprint density at radius 2 is 1.95 bits per heavy atom. The molecule has 3 rings (SSSR count). The minimum atomic E-state index is -0.103. The standard InChI is InChI=1S/C16H21N3OS/c17-15(12-7-3-1-4-8-12)16-18-14(19-20-16)11-21-13-9-5-2-6-10-13/h2,5-6,9-10,12,15H,1,3-4,7-8,11,17H2. The predicted octanol–water partition coefficient (Wildman–Crippen LogP) is 3.94. The van der Waals surface area contributed by atoms with Gasteiger partial charge in [-0.15, -0.1) is 11.8 Å². The molecule has 0 aliphatic heterocycles. The lowest BCUT2D eigenvalue weighted by Crippen LogP contribution is -2.23. The highest BCUT2D eigenvalue weighted by molar-refractivity contribution is 7.98. The molecule has 0 bridgehead atoms. The number of thioether (sulfide) groups is 1. The predicted molar refractivity (Wildman–Crippen MR) is 83.8 cm³/mol. The minimum absolute atomic E-state index is 0.103. The van der Waals surface area contributed by atoms with Gasteiger partial charge in [0.25, 0.3) is 0 Å². The van der Waals surface area contributed by atoms with Gasteiger partial charge in [0.2, 0.25) is 5.89 Å². The molecule has 5 heteroatoms. The van der Waals surface area contributed by atoms with E-state index in [1.807, 2.05) is 18.2 Å². The van der Waals surface area contributed by atoms with Gasteiger partial charge in [-0.2, -0.15) is 4.98 Å². The Kier molecular flexibility index (Phi) is 4.93. The summed E-state index contributed by atoms with van der Waals surface area (Å²) in [4.78, 5) is 5.69. The first-order chi connectivity index (χ1) is 10.3. The molecule has 0 spiro atoms. The third kappa shape index (κ3) is 3.86. The average Bonchev–Trinajstić information content (AvgIpc) is 3.03. The van der Waals surface area contributed by atoms with Crippen LogP contribution in [-0.2, 0) is 5.75 Å². The molecule has 21 heavy (non-hydrogen) atoms. The maximum Gasteiger partial charge on any atom is 0.243 e. The van der Waals surface area contributed by atoms with Crippen molar-refractivity contribution in [2.45, 2.75) is 48.8 Å². The van der Waals surface area contributed by atoms with Crippen molar-refractivity contribution in [3.05, 3.63) is 42.0 Å². The topological polar surface area (TPSA) is 64.9 Å². The Labute approximate surface area is 129 Å². The van der Waals surface area contributed by atoms with E-state index in [-0.39, 0.29) is 6.04 Å². The number of hydrogen-bond donors (Lipinski definition) is 1. The lowest BCUT2D eigenvalue weighted by molar-refractivity contribution is 0.255. The van der Waals surface area contributed by atoms with Gasteiger partial charge in [0, 0.05) is 4.90 Å². The van der Waals surface area contributed by atoms with Crippen LogP contribution in [-0.4, -0.2) is 10.1 Å². The molecule has 0 radical (unpaired) electrons. The monoisotopic (exact) mass is 303 g/mol.